The smallest absolute Gasteiger partial charge is 0.295 e. The number of nitrogens with zero attached hydrogens (tertiary/aromatic N) is 1. The third kappa shape index (κ3) is 2.92. The van der Waals surface area contributed by atoms with Crippen molar-refractivity contribution >= 4 is 54.4 Å². The van der Waals surface area contributed by atoms with E-state index in [0.717, 1.165) is 4.47 Å². The number of anilines is 1. The van der Waals surface area contributed by atoms with Crippen molar-refractivity contribution in [3.05, 3.63) is 109 Å². The Kier molecular flexibility index (Phi) is 4.60. The van der Waals surface area contributed by atoms with Crippen LogP contribution in [0, 0.1) is 5.82 Å². The lowest BCUT2D eigenvalue weighted by atomic mass is 9.98. The molecule has 148 valence electrons. The summed E-state index contributed by atoms with van der Waals surface area (Å²) in [5.41, 5.74) is 0.839. The van der Waals surface area contributed by atoms with Gasteiger partial charge in [0.25, 0.3) is 5.91 Å². The van der Waals surface area contributed by atoms with Gasteiger partial charge in [0, 0.05) is 20.2 Å². The van der Waals surface area contributed by atoms with Crippen molar-refractivity contribution in [1.82, 2.24) is 0 Å². The highest BCUT2D eigenvalue weighted by molar-refractivity contribution is 9.10. The second-order valence-corrected chi connectivity index (χ2v) is 8.72. The zero-order chi connectivity index (χ0) is 21.0. The van der Waals surface area contributed by atoms with Crippen LogP contribution in [0.2, 0.25) is 0 Å². The molecule has 0 aliphatic carbocycles. The molecule has 0 bridgehead atoms. The molecule has 4 nitrogen and oxygen atoms in total. The Morgan fingerprint density at radius 2 is 1.67 bits per heavy atom. The highest BCUT2D eigenvalue weighted by Crippen LogP contribution is 2.42. The molecule has 1 amide bonds. The lowest BCUT2D eigenvalue weighted by Crippen LogP contribution is -2.30. The van der Waals surface area contributed by atoms with Crippen LogP contribution < -0.4 is 10.3 Å². The largest absolute Gasteiger partial charge is 0.450 e. The average Bonchev–Trinajstić information content (AvgIpc) is 3.01. The van der Waals surface area contributed by atoms with Crippen molar-refractivity contribution in [3.8, 4) is 0 Å². The average molecular weight is 529 g/mol. The molecule has 1 aromatic heterocycles. The van der Waals surface area contributed by atoms with Crippen molar-refractivity contribution in [1.29, 1.82) is 0 Å². The molecule has 0 saturated carbocycles. The standard InChI is InChI=1S/C23H12Br2FNO3/c24-12-4-3-5-14(10-12)27-20(15-6-1-2-7-17(15)26)19-21(28)16-11-13(25)8-9-18(16)30-22(19)23(27)29/h1-11,20H. The van der Waals surface area contributed by atoms with Gasteiger partial charge in [-0.3, -0.25) is 14.5 Å². The molecule has 1 atom stereocenters. The van der Waals surface area contributed by atoms with E-state index < -0.39 is 17.8 Å². The summed E-state index contributed by atoms with van der Waals surface area (Å²) in [7, 11) is 0. The molecule has 2 heterocycles. The van der Waals surface area contributed by atoms with Gasteiger partial charge in [0.2, 0.25) is 5.76 Å². The van der Waals surface area contributed by atoms with Gasteiger partial charge in [-0.05, 0) is 42.5 Å². The summed E-state index contributed by atoms with van der Waals surface area (Å²) in [6, 6.07) is 17.3. The Bertz CT molecular complexity index is 1400. The number of hydrogen-bond donors (Lipinski definition) is 0. The molecule has 0 spiro atoms. The normalized spacial score (nSPS) is 15.6. The van der Waals surface area contributed by atoms with E-state index in [9.17, 15) is 14.0 Å². The second-order valence-electron chi connectivity index (χ2n) is 6.89. The molecule has 0 N–H and O–H groups in total. The van der Waals surface area contributed by atoms with E-state index in [4.69, 9.17) is 4.42 Å². The fraction of sp³-hybridized carbons (Fsp3) is 0.0435. The van der Waals surface area contributed by atoms with Gasteiger partial charge in [0.1, 0.15) is 11.4 Å². The summed E-state index contributed by atoms with van der Waals surface area (Å²) in [4.78, 5) is 28.3. The Balaban J connectivity index is 1.86. The van der Waals surface area contributed by atoms with Crippen LogP contribution in [0.1, 0.15) is 27.7 Å². The van der Waals surface area contributed by atoms with Gasteiger partial charge in [-0.15, -0.1) is 0 Å². The molecule has 3 aromatic carbocycles. The molecule has 0 fully saturated rings. The van der Waals surface area contributed by atoms with Crippen molar-refractivity contribution < 1.29 is 13.6 Å². The van der Waals surface area contributed by atoms with Crippen LogP contribution in [-0.4, -0.2) is 5.91 Å². The zero-order valence-corrected chi connectivity index (χ0v) is 18.4. The van der Waals surface area contributed by atoms with E-state index in [0.29, 0.717) is 21.1 Å². The van der Waals surface area contributed by atoms with E-state index >= 15 is 0 Å². The van der Waals surface area contributed by atoms with Crippen LogP contribution in [0.25, 0.3) is 11.0 Å². The first-order valence-corrected chi connectivity index (χ1v) is 10.6. The summed E-state index contributed by atoms with van der Waals surface area (Å²) in [5, 5.41) is 0.327. The molecule has 0 saturated heterocycles. The van der Waals surface area contributed by atoms with Crippen molar-refractivity contribution in [3.63, 3.8) is 0 Å². The van der Waals surface area contributed by atoms with Gasteiger partial charge in [-0.1, -0.05) is 56.1 Å². The van der Waals surface area contributed by atoms with Crippen LogP contribution in [0.4, 0.5) is 10.1 Å². The van der Waals surface area contributed by atoms with E-state index in [1.54, 1.807) is 54.6 Å². The Hall–Kier alpha value is -2.77. The summed E-state index contributed by atoms with van der Waals surface area (Å²) < 4.78 is 22.2. The van der Waals surface area contributed by atoms with Crippen molar-refractivity contribution in [2.24, 2.45) is 0 Å². The number of benzene rings is 3. The number of amides is 1. The molecule has 0 radical (unpaired) electrons. The first kappa shape index (κ1) is 19.2. The molecular weight excluding hydrogens is 517 g/mol. The van der Waals surface area contributed by atoms with E-state index in [1.807, 2.05) is 6.07 Å². The first-order valence-electron chi connectivity index (χ1n) is 9.05. The maximum atomic E-state index is 14.9. The predicted molar refractivity (Wildman–Crippen MR) is 119 cm³/mol. The van der Waals surface area contributed by atoms with Gasteiger partial charge in [0.15, 0.2) is 5.43 Å². The lowest BCUT2D eigenvalue weighted by Gasteiger charge is -2.25. The topological polar surface area (TPSA) is 50.5 Å². The number of fused-ring (bicyclic) bond motifs is 2. The SMILES string of the molecule is O=C1c2oc3ccc(Br)cc3c(=O)c2C(c2ccccc2F)N1c1cccc(Br)c1. The molecule has 4 aromatic rings. The highest BCUT2D eigenvalue weighted by atomic mass is 79.9. The fourth-order valence-electron chi connectivity index (χ4n) is 3.83. The molecule has 1 unspecified atom stereocenters. The number of halogens is 3. The molecular formula is C23H12Br2FNO3. The summed E-state index contributed by atoms with van der Waals surface area (Å²) >= 11 is 6.77. The van der Waals surface area contributed by atoms with Gasteiger partial charge >= 0.3 is 0 Å². The number of carbonyl (C=O) groups excluding carboxylic acids is 1. The van der Waals surface area contributed by atoms with E-state index in [2.05, 4.69) is 31.9 Å². The Morgan fingerprint density at radius 1 is 0.900 bits per heavy atom. The van der Waals surface area contributed by atoms with Crippen LogP contribution in [-0.2, 0) is 0 Å². The predicted octanol–water partition coefficient (Wildman–Crippen LogP) is 6.21. The minimum absolute atomic E-state index is 0.0666. The fourth-order valence-corrected chi connectivity index (χ4v) is 4.58. The van der Waals surface area contributed by atoms with Crippen LogP contribution in [0.15, 0.2) is 84.9 Å². The monoisotopic (exact) mass is 527 g/mol. The number of rotatable bonds is 2. The third-order valence-electron chi connectivity index (χ3n) is 5.12. The third-order valence-corrected chi connectivity index (χ3v) is 6.10. The quantitative estimate of drug-likeness (QED) is 0.311. The molecule has 1 aliphatic rings. The summed E-state index contributed by atoms with van der Waals surface area (Å²) in [6.07, 6.45) is 0. The van der Waals surface area contributed by atoms with Crippen molar-refractivity contribution in [2.75, 3.05) is 4.90 Å². The van der Waals surface area contributed by atoms with Gasteiger partial charge in [0.05, 0.1) is 17.0 Å². The number of hydrogen-bond acceptors (Lipinski definition) is 3. The second kappa shape index (κ2) is 7.18. The maximum Gasteiger partial charge on any atom is 0.295 e. The van der Waals surface area contributed by atoms with Crippen LogP contribution >= 0.6 is 31.9 Å². The maximum absolute atomic E-state index is 14.9. The van der Waals surface area contributed by atoms with Crippen molar-refractivity contribution in [2.45, 2.75) is 6.04 Å². The van der Waals surface area contributed by atoms with Gasteiger partial charge in [-0.25, -0.2) is 4.39 Å². The van der Waals surface area contributed by atoms with Gasteiger partial charge in [-0.2, -0.15) is 0 Å². The summed E-state index contributed by atoms with van der Waals surface area (Å²) in [6.45, 7) is 0. The zero-order valence-electron chi connectivity index (χ0n) is 15.2. The molecule has 30 heavy (non-hydrogen) atoms. The van der Waals surface area contributed by atoms with Crippen LogP contribution in [0.5, 0.6) is 0 Å². The minimum atomic E-state index is -0.942. The molecule has 1 aliphatic heterocycles. The van der Waals surface area contributed by atoms with Gasteiger partial charge < -0.3 is 4.42 Å². The Labute approximate surface area is 187 Å². The number of carbonyl (C=O) groups is 1. The lowest BCUT2D eigenvalue weighted by molar-refractivity contribution is 0.0971. The molecule has 5 rings (SSSR count). The Morgan fingerprint density at radius 3 is 2.43 bits per heavy atom. The molecule has 7 heteroatoms. The first-order chi connectivity index (χ1) is 14.5. The highest BCUT2D eigenvalue weighted by Gasteiger charge is 2.44. The van der Waals surface area contributed by atoms with E-state index in [1.165, 1.54) is 11.0 Å². The summed E-state index contributed by atoms with van der Waals surface area (Å²) in [5.74, 6) is -1.06. The van der Waals surface area contributed by atoms with Crippen LogP contribution in [0.3, 0.4) is 0 Å². The van der Waals surface area contributed by atoms with E-state index in [-0.39, 0.29) is 22.3 Å². The minimum Gasteiger partial charge on any atom is -0.450 e.